The van der Waals surface area contributed by atoms with Crippen LogP contribution in [0.2, 0.25) is 0 Å². The Bertz CT molecular complexity index is 917. The maximum Gasteiger partial charge on any atom is 0.412 e. The Labute approximate surface area is 189 Å². The molecule has 0 aliphatic carbocycles. The Balaban J connectivity index is 2.15. The highest BCUT2D eigenvalue weighted by atomic mass is 79.9. The molecule has 8 nitrogen and oxygen atoms in total. The first kappa shape index (κ1) is 24.2. The van der Waals surface area contributed by atoms with E-state index in [2.05, 4.69) is 21.2 Å². The number of benzene rings is 2. The molecule has 2 aromatic rings. The third kappa shape index (κ3) is 7.62. The zero-order valence-corrected chi connectivity index (χ0v) is 18.8. The highest BCUT2D eigenvalue weighted by Crippen LogP contribution is 2.35. The monoisotopic (exact) mass is 492 g/mol. The van der Waals surface area contributed by atoms with E-state index in [1.165, 1.54) is 24.7 Å². The van der Waals surface area contributed by atoms with Gasteiger partial charge in [-0.1, -0.05) is 35.0 Å². The summed E-state index contributed by atoms with van der Waals surface area (Å²) in [5, 5.41) is 21.4. The Morgan fingerprint density at radius 3 is 2.52 bits per heavy atom. The second-order valence-electron chi connectivity index (χ2n) is 6.82. The second kappa shape index (κ2) is 12.0. The van der Waals surface area contributed by atoms with E-state index in [4.69, 9.17) is 14.7 Å². The number of carbonyl (C=O) groups is 2. The lowest BCUT2D eigenvalue weighted by Gasteiger charge is -2.25. The number of phenols is 1. The molecule has 0 saturated heterocycles. The molecule has 2 rings (SSSR count). The van der Waals surface area contributed by atoms with E-state index < -0.39 is 18.1 Å². The van der Waals surface area contributed by atoms with E-state index in [0.29, 0.717) is 29.8 Å². The largest absolute Gasteiger partial charge is 0.504 e. The molecule has 2 aromatic carbocycles. The van der Waals surface area contributed by atoms with Gasteiger partial charge in [0.15, 0.2) is 11.5 Å². The predicted octanol–water partition coefficient (Wildman–Crippen LogP) is 4.93. The third-order valence-corrected chi connectivity index (χ3v) is 5.07. The molecule has 166 valence electrons. The van der Waals surface area contributed by atoms with Crippen LogP contribution in [0.1, 0.15) is 31.4 Å². The molecule has 9 heteroatoms. The summed E-state index contributed by atoms with van der Waals surface area (Å²) in [6.07, 6.45) is 2.65. The van der Waals surface area contributed by atoms with Crippen molar-refractivity contribution in [2.24, 2.45) is 5.92 Å². The summed E-state index contributed by atoms with van der Waals surface area (Å²) in [6, 6.07) is 11.9. The van der Waals surface area contributed by atoms with Crippen molar-refractivity contribution in [2.45, 2.75) is 25.9 Å². The van der Waals surface area contributed by atoms with Gasteiger partial charge in [-0.05, 0) is 60.7 Å². The van der Waals surface area contributed by atoms with Crippen LogP contribution in [0.3, 0.4) is 0 Å². The van der Waals surface area contributed by atoms with Crippen molar-refractivity contribution in [1.29, 1.82) is 0 Å². The maximum absolute atomic E-state index is 12.5. The Morgan fingerprint density at radius 2 is 1.90 bits per heavy atom. The van der Waals surface area contributed by atoms with Crippen LogP contribution in [0, 0.1) is 5.92 Å². The van der Waals surface area contributed by atoms with Crippen LogP contribution >= 0.6 is 15.9 Å². The standard InChI is InChI=1S/C22H25BrN2O6/c1-14(5-3-4-6-20(27)25-29)21(15-7-12-19(30-2)18(26)13-15)31-22(28)24-17-10-8-16(23)9-11-17/h4,6-14,21,26,29H,3,5H2,1-2H3,(H,24,28)(H,25,27)/b6-4+/t14-,21+/m1/s1. The van der Waals surface area contributed by atoms with E-state index in [9.17, 15) is 14.7 Å². The van der Waals surface area contributed by atoms with Gasteiger partial charge >= 0.3 is 6.09 Å². The number of ether oxygens (including phenoxy) is 2. The molecule has 0 heterocycles. The van der Waals surface area contributed by atoms with Crippen molar-refractivity contribution < 1.29 is 29.4 Å². The van der Waals surface area contributed by atoms with Crippen molar-refractivity contribution in [3.63, 3.8) is 0 Å². The molecule has 0 aromatic heterocycles. The van der Waals surface area contributed by atoms with Gasteiger partial charge in [0.05, 0.1) is 7.11 Å². The van der Waals surface area contributed by atoms with Crippen LogP contribution in [0.15, 0.2) is 59.1 Å². The lowest BCUT2D eigenvalue weighted by Crippen LogP contribution is -2.22. The minimum atomic E-state index is -0.660. The fourth-order valence-corrected chi connectivity index (χ4v) is 3.20. The highest BCUT2D eigenvalue weighted by molar-refractivity contribution is 9.10. The molecule has 0 radical (unpaired) electrons. The van der Waals surface area contributed by atoms with Gasteiger partial charge in [0.25, 0.3) is 5.91 Å². The molecule has 2 atom stereocenters. The number of methoxy groups -OCH3 is 1. The molecule has 0 spiro atoms. The van der Waals surface area contributed by atoms with Crippen LogP contribution in [0.5, 0.6) is 11.5 Å². The summed E-state index contributed by atoms with van der Waals surface area (Å²) in [5.74, 6) is -0.513. The van der Waals surface area contributed by atoms with Crippen molar-refractivity contribution in [3.8, 4) is 11.5 Å². The van der Waals surface area contributed by atoms with Crippen molar-refractivity contribution in [1.82, 2.24) is 5.48 Å². The number of allylic oxidation sites excluding steroid dienone is 1. The summed E-state index contributed by atoms with van der Waals surface area (Å²) in [4.78, 5) is 23.6. The molecule has 0 aliphatic rings. The van der Waals surface area contributed by atoms with E-state index in [0.717, 1.165) is 4.47 Å². The number of carbonyl (C=O) groups excluding carboxylic acids is 2. The van der Waals surface area contributed by atoms with E-state index in [1.54, 1.807) is 42.5 Å². The third-order valence-electron chi connectivity index (χ3n) is 4.54. The fourth-order valence-electron chi connectivity index (χ4n) is 2.93. The van der Waals surface area contributed by atoms with E-state index in [-0.39, 0.29) is 11.7 Å². The minimum Gasteiger partial charge on any atom is -0.504 e. The zero-order valence-electron chi connectivity index (χ0n) is 17.2. The Kier molecular flexibility index (Phi) is 9.36. The number of phenolic OH excluding ortho intramolecular Hbond substituents is 1. The SMILES string of the molecule is COc1ccc([C@@H](OC(=O)Nc2ccc(Br)cc2)[C@H](C)CC/C=C/C(=O)NO)cc1O. The summed E-state index contributed by atoms with van der Waals surface area (Å²) in [7, 11) is 1.45. The molecule has 0 fully saturated rings. The average Bonchev–Trinajstić information content (AvgIpc) is 2.76. The average molecular weight is 493 g/mol. The van der Waals surface area contributed by atoms with E-state index >= 15 is 0 Å². The number of anilines is 1. The van der Waals surface area contributed by atoms with Crippen molar-refractivity contribution in [2.75, 3.05) is 12.4 Å². The zero-order chi connectivity index (χ0) is 22.8. The first-order valence-electron chi connectivity index (χ1n) is 9.54. The first-order valence-corrected chi connectivity index (χ1v) is 10.3. The normalized spacial score (nSPS) is 12.8. The van der Waals surface area contributed by atoms with Gasteiger partial charge in [0, 0.05) is 16.2 Å². The van der Waals surface area contributed by atoms with Gasteiger partial charge in [0.2, 0.25) is 0 Å². The molecular formula is C22H25BrN2O6. The number of hydrogen-bond donors (Lipinski definition) is 4. The van der Waals surface area contributed by atoms with Crippen LogP contribution in [0.25, 0.3) is 0 Å². The fraction of sp³-hybridized carbons (Fsp3) is 0.273. The van der Waals surface area contributed by atoms with Gasteiger partial charge in [-0.25, -0.2) is 10.3 Å². The molecule has 0 aliphatic heterocycles. The Hall–Kier alpha value is -3.04. The van der Waals surface area contributed by atoms with Crippen molar-refractivity contribution >= 4 is 33.6 Å². The lowest BCUT2D eigenvalue weighted by molar-refractivity contribution is -0.124. The van der Waals surface area contributed by atoms with Gasteiger partial charge < -0.3 is 14.6 Å². The summed E-state index contributed by atoms with van der Waals surface area (Å²) >= 11 is 3.34. The van der Waals surface area contributed by atoms with Gasteiger partial charge in [-0.15, -0.1) is 0 Å². The quantitative estimate of drug-likeness (QED) is 0.224. The molecular weight excluding hydrogens is 468 g/mol. The molecule has 31 heavy (non-hydrogen) atoms. The number of aromatic hydroxyl groups is 1. The van der Waals surface area contributed by atoms with Crippen LogP contribution in [-0.2, 0) is 9.53 Å². The van der Waals surface area contributed by atoms with Gasteiger partial charge in [0.1, 0.15) is 6.10 Å². The minimum absolute atomic E-state index is 0.0615. The number of nitrogens with one attached hydrogen (secondary N) is 2. The molecule has 0 unspecified atom stereocenters. The molecule has 0 saturated carbocycles. The number of hydroxylamine groups is 1. The summed E-state index contributed by atoms with van der Waals surface area (Å²) in [5.41, 5.74) is 2.71. The lowest BCUT2D eigenvalue weighted by atomic mass is 9.92. The van der Waals surface area contributed by atoms with Crippen LogP contribution in [-0.4, -0.2) is 29.4 Å². The number of rotatable bonds is 9. The van der Waals surface area contributed by atoms with Crippen LogP contribution < -0.4 is 15.5 Å². The molecule has 0 bridgehead atoms. The Morgan fingerprint density at radius 1 is 1.19 bits per heavy atom. The van der Waals surface area contributed by atoms with E-state index in [1.807, 2.05) is 6.92 Å². The molecule has 2 amide bonds. The van der Waals surface area contributed by atoms with Gasteiger partial charge in [-0.3, -0.25) is 15.3 Å². The summed E-state index contributed by atoms with van der Waals surface area (Å²) < 4.78 is 11.7. The first-order chi connectivity index (χ1) is 14.8. The summed E-state index contributed by atoms with van der Waals surface area (Å²) in [6.45, 7) is 1.90. The van der Waals surface area contributed by atoms with Crippen molar-refractivity contribution in [3.05, 3.63) is 64.7 Å². The predicted molar refractivity (Wildman–Crippen MR) is 119 cm³/mol. The smallest absolute Gasteiger partial charge is 0.412 e. The van der Waals surface area contributed by atoms with Gasteiger partial charge in [-0.2, -0.15) is 0 Å². The topological polar surface area (TPSA) is 117 Å². The number of amides is 2. The number of halogens is 1. The number of hydrogen-bond acceptors (Lipinski definition) is 6. The highest BCUT2D eigenvalue weighted by Gasteiger charge is 2.24. The molecule has 4 N–H and O–H groups in total. The van der Waals surface area contributed by atoms with Crippen LogP contribution in [0.4, 0.5) is 10.5 Å². The second-order valence-corrected chi connectivity index (χ2v) is 7.74. The maximum atomic E-state index is 12.5.